The molecule has 1 aromatic carbocycles. The van der Waals surface area contributed by atoms with Crippen LogP contribution in [0.15, 0.2) is 24.3 Å². The molecule has 1 unspecified atom stereocenters. The number of amides is 2. The van der Waals surface area contributed by atoms with Crippen molar-refractivity contribution < 1.29 is 4.79 Å². The van der Waals surface area contributed by atoms with Crippen LogP contribution in [0.4, 0.5) is 10.5 Å². The molecule has 110 valence electrons. The van der Waals surface area contributed by atoms with E-state index in [4.69, 9.17) is 5.73 Å². The van der Waals surface area contributed by atoms with Gasteiger partial charge in [0.1, 0.15) is 0 Å². The van der Waals surface area contributed by atoms with Crippen molar-refractivity contribution in [2.45, 2.75) is 25.8 Å². The molecular weight excluding hydrogens is 252 g/mol. The third-order valence-corrected chi connectivity index (χ3v) is 3.61. The number of carbonyl (C=O) groups is 1. The molecule has 1 aromatic rings. The zero-order valence-corrected chi connectivity index (χ0v) is 12.1. The normalized spacial score (nSPS) is 16.9. The summed E-state index contributed by atoms with van der Waals surface area (Å²) < 4.78 is 0. The molecule has 1 heterocycles. The molecule has 1 fully saturated rings. The van der Waals surface area contributed by atoms with Gasteiger partial charge >= 0.3 is 6.03 Å². The lowest BCUT2D eigenvalue weighted by Gasteiger charge is -2.15. The highest BCUT2D eigenvalue weighted by Gasteiger charge is 2.11. The number of likely N-dealkylation sites (tertiary alicyclic amines) is 1. The van der Waals surface area contributed by atoms with E-state index in [1.807, 2.05) is 31.2 Å². The molecule has 4 N–H and O–H groups in total. The lowest BCUT2D eigenvalue weighted by Crippen LogP contribution is -2.35. The van der Waals surface area contributed by atoms with Gasteiger partial charge in [-0.15, -0.1) is 0 Å². The number of anilines is 1. The Morgan fingerprint density at radius 2 is 1.95 bits per heavy atom. The maximum Gasteiger partial charge on any atom is 0.319 e. The first kappa shape index (κ1) is 14.8. The van der Waals surface area contributed by atoms with E-state index >= 15 is 0 Å². The zero-order chi connectivity index (χ0) is 14.4. The topological polar surface area (TPSA) is 70.4 Å². The van der Waals surface area contributed by atoms with Crippen LogP contribution in [0, 0.1) is 0 Å². The summed E-state index contributed by atoms with van der Waals surface area (Å²) in [6.45, 7) is 5.86. The molecule has 0 radical (unpaired) electrons. The lowest BCUT2D eigenvalue weighted by atomic mass is 10.1. The summed E-state index contributed by atoms with van der Waals surface area (Å²) in [6.07, 6.45) is 2.55. The Balaban J connectivity index is 1.70. The minimum Gasteiger partial charge on any atom is -0.337 e. The van der Waals surface area contributed by atoms with Crippen molar-refractivity contribution in [3.05, 3.63) is 29.8 Å². The van der Waals surface area contributed by atoms with Crippen molar-refractivity contribution in [3.63, 3.8) is 0 Å². The van der Waals surface area contributed by atoms with E-state index in [0.29, 0.717) is 6.54 Å². The lowest BCUT2D eigenvalue weighted by molar-refractivity contribution is 0.249. The molecule has 0 aromatic heterocycles. The van der Waals surface area contributed by atoms with Crippen LogP contribution >= 0.6 is 0 Å². The fraction of sp³-hybridized carbons (Fsp3) is 0.533. The van der Waals surface area contributed by atoms with Crippen LogP contribution in [0.25, 0.3) is 0 Å². The summed E-state index contributed by atoms with van der Waals surface area (Å²) in [5.74, 6) is 0. The Hall–Kier alpha value is -1.59. The van der Waals surface area contributed by atoms with Crippen molar-refractivity contribution in [2.75, 3.05) is 31.5 Å². The van der Waals surface area contributed by atoms with Crippen LogP contribution in [0.3, 0.4) is 0 Å². The van der Waals surface area contributed by atoms with Gasteiger partial charge in [0.2, 0.25) is 0 Å². The molecular formula is C15H24N4O. The Bertz CT molecular complexity index is 424. The Morgan fingerprint density at radius 3 is 2.55 bits per heavy atom. The molecule has 0 saturated carbocycles. The number of hydrogen-bond acceptors (Lipinski definition) is 3. The number of benzene rings is 1. The molecule has 1 aliphatic heterocycles. The van der Waals surface area contributed by atoms with Crippen LogP contribution in [0.2, 0.25) is 0 Å². The van der Waals surface area contributed by atoms with Gasteiger partial charge in [0.15, 0.2) is 0 Å². The smallest absolute Gasteiger partial charge is 0.319 e. The third kappa shape index (κ3) is 4.51. The second-order valence-corrected chi connectivity index (χ2v) is 5.34. The van der Waals surface area contributed by atoms with Gasteiger partial charge in [-0.25, -0.2) is 4.79 Å². The van der Waals surface area contributed by atoms with Gasteiger partial charge < -0.3 is 21.3 Å². The SMILES string of the molecule is CC(N)c1ccc(NC(=O)NCCN2CCCC2)cc1. The number of rotatable bonds is 5. The molecule has 0 aliphatic carbocycles. The summed E-state index contributed by atoms with van der Waals surface area (Å²) in [7, 11) is 0. The van der Waals surface area contributed by atoms with Crippen LogP contribution < -0.4 is 16.4 Å². The van der Waals surface area contributed by atoms with E-state index in [-0.39, 0.29) is 12.1 Å². The zero-order valence-electron chi connectivity index (χ0n) is 12.1. The highest BCUT2D eigenvalue weighted by Crippen LogP contribution is 2.13. The van der Waals surface area contributed by atoms with Gasteiger partial charge in [-0.1, -0.05) is 12.1 Å². The molecule has 2 rings (SSSR count). The van der Waals surface area contributed by atoms with Gasteiger partial charge in [0, 0.05) is 24.8 Å². The van der Waals surface area contributed by atoms with Crippen molar-refractivity contribution in [1.29, 1.82) is 0 Å². The highest BCUT2D eigenvalue weighted by molar-refractivity contribution is 5.89. The van der Waals surface area contributed by atoms with E-state index < -0.39 is 0 Å². The quantitative estimate of drug-likeness (QED) is 0.769. The van der Waals surface area contributed by atoms with E-state index in [1.54, 1.807) is 0 Å². The molecule has 1 atom stereocenters. The maximum absolute atomic E-state index is 11.7. The van der Waals surface area contributed by atoms with Gasteiger partial charge in [0.25, 0.3) is 0 Å². The van der Waals surface area contributed by atoms with Crippen LogP contribution in [-0.2, 0) is 0 Å². The monoisotopic (exact) mass is 276 g/mol. The van der Waals surface area contributed by atoms with E-state index in [1.165, 1.54) is 12.8 Å². The van der Waals surface area contributed by atoms with Crippen LogP contribution in [-0.4, -0.2) is 37.1 Å². The first-order chi connectivity index (χ1) is 9.65. The van der Waals surface area contributed by atoms with Crippen molar-refractivity contribution >= 4 is 11.7 Å². The molecule has 1 aliphatic rings. The average Bonchev–Trinajstić information content (AvgIpc) is 2.92. The Morgan fingerprint density at radius 1 is 1.30 bits per heavy atom. The van der Waals surface area contributed by atoms with Crippen LogP contribution in [0.1, 0.15) is 31.4 Å². The Kier molecular flexibility index (Phi) is 5.38. The fourth-order valence-corrected chi connectivity index (χ4v) is 2.38. The molecule has 5 nitrogen and oxygen atoms in total. The van der Waals surface area contributed by atoms with Crippen molar-refractivity contribution in [3.8, 4) is 0 Å². The van der Waals surface area contributed by atoms with Crippen LogP contribution in [0.5, 0.6) is 0 Å². The average molecular weight is 276 g/mol. The first-order valence-electron chi connectivity index (χ1n) is 7.28. The standard InChI is InChI=1S/C15H24N4O/c1-12(16)13-4-6-14(7-5-13)18-15(20)17-8-11-19-9-2-3-10-19/h4-7,12H,2-3,8-11,16H2,1H3,(H2,17,18,20). The van der Waals surface area contributed by atoms with Crippen molar-refractivity contribution in [1.82, 2.24) is 10.2 Å². The molecule has 0 bridgehead atoms. The van der Waals surface area contributed by atoms with Gasteiger partial charge in [-0.05, 0) is 50.6 Å². The summed E-state index contributed by atoms with van der Waals surface area (Å²) in [5.41, 5.74) is 7.63. The first-order valence-corrected chi connectivity index (χ1v) is 7.28. The summed E-state index contributed by atoms with van der Waals surface area (Å²) >= 11 is 0. The minimum absolute atomic E-state index is 0.0123. The fourth-order valence-electron chi connectivity index (χ4n) is 2.38. The van der Waals surface area contributed by atoms with Gasteiger partial charge in [-0.3, -0.25) is 0 Å². The second kappa shape index (κ2) is 7.26. The van der Waals surface area contributed by atoms with Gasteiger partial charge in [-0.2, -0.15) is 0 Å². The highest BCUT2D eigenvalue weighted by atomic mass is 16.2. The maximum atomic E-state index is 11.7. The summed E-state index contributed by atoms with van der Waals surface area (Å²) in [4.78, 5) is 14.1. The molecule has 20 heavy (non-hydrogen) atoms. The third-order valence-electron chi connectivity index (χ3n) is 3.61. The minimum atomic E-state index is -0.155. The van der Waals surface area contributed by atoms with Gasteiger partial charge in [0.05, 0.1) is 0 Å². The molecule has 5 heteroatoms. The predicted octanol–water partition coefficient (Wildman–Crippen LogP) is 1.92. The van der Waals surface area contributed by atoms with E-state index in [2.05, 4.69) is 15.5 Å². The number of nitrogens with zero attached hydrogens (tertiary/aromatic N) is 1. The predicted molar refractivity (Wildman–Crippen MR) is 81.7 cm³/mol. The number of urea groups is 1. The Labute approximate surface area is 120 Å². The molecule has 0 spiro atoms. The second-order valence-electron chi connectivity index (χ2n) is 5.34. The van der Waals surface area contributed by atoms with E-state index in [0.717, 1.165) is 30.9 Å². The van der Waals surface area contributed by atoms with E-state index in [9.17, 15) is 4.79 Å². The number of nitrogens with one attached hydrogen (secondary N) is 2. The summed E-state index contributed by atoms with van der Waals surface area (Å²) in [5, 5.41) is 5.70. The number of nitrogens with two attached hydrogens (primary N) is 1. The molecule has 1 saturated heterocycles. The number of carbonyl (C=O) groups excluding carboxylic acids is 1. The number of hydrogen-bond donors (Lipinski definition) is 3. The largest absolute Gasteiger partial charge is 0.337 e. The van der Waals surface area contributed by atoms with Crippen molar-refractivity contribution in [2.24, 2.45) is 5.73 Å². The molecule has 2 amide bonds. The summed E-state index contributed by atoms with van der Waals surface area (Å²) in [6, 6.07) is 7.48.